The number of carboxylic acids is 1. The van der Waals surface area contributed by atoms with Crippen LogP contribution in [0.15, 0.2) is 36.4 Å². The van der Waals surface area contributed by atoms with Crippen molar-refractivity contribution >= 4 is 52.4 Å². The normalized spacial score (nSPS) is 13.3. The Kier molecular flexibility index (Phi) is 9.25. The zero-order valence-electron chi connectivity index (χ0n) is 17.3. The van der Waals surface area contributed by atoms with Gasteiger partial charge in [0.2, 0.25) is 6.10 Å². The number of aryl methyl sites for hydroxylation is 1. The summed E-state index contributed by atoms with van der Waals surface area (Å²) in [6, 6.07) is 7.30. The highest BCUT2D eigenvalue weighted by Gasteiger charge is 2.41. The van der Waals surface area contributed by atoms with Gasteiger partial charge in [0.25, 0.3) is 5.91 Å². The van der Waals surface area contributed by atoms with Crippen molar-refractivity contribution in [3.8, 4) is 5.75 Å². The number of ether oxygens (including phenoxy) is 2. The number of rotatable bonds is 9. The van der Waals surface area contributed by atoms with E-state index in [1.54, 1.807) is 6.92 Å². The number of hydrogen-bond donors (Lipinski definition) is 1. The number of hydrogen-bond acceptors (Lipinski definition) is 4. The fourth-order valence-corrected chi connectivity index (χ4v) is 3.62. The summed E-state index contributed by atoms with van der Waals surface area (Å²) in [5, 5.41) is 7.87. The average Bonchev–Trinajstić information content (AvgIpc) is 2.72. The van der Waals surface area contributed by atoms with Crippen molar-refractivity contribution in [1.82, 2.24) is 0 Å². The van der Waals surface area contributed by atoms with Crippen LogP contribution in [0.1, 0.15) is 18.1 Å². The molecule has 2 rings (SSSR count). The second kappa shape index (κ2) is 11.3. The van der Waals surface area contributed by atoms with E-state index in [0.29, 0.717) is 4.90 Å². The van der Waals surface area contributed by atoms with Gasteiger partial charge in [-0.05, 0) is 43.7 Å². The molecule has 0 saturated heterocycles. The first-order chi connectivity index (χ1) is 15.4. The maximum Gasteiger partial charge on any atom is 0.418 e. The number of benzene rings is 2. The van der Waals surface area contributed by atoms with Crippen LogP contribution < -0.4 is 9.64 Å². The molecule has 0 bridgehead atoms. The lowest BCUT2D eigenvalue weighted by Crippen LogP contribution is -2.49. The number of anilines is 1. The summed E-state index contributed by atoms with van der Waals surface area (Å²) in [4.78, 5) is 25.7. The van der Waals surface area contributed by atoms with Crippen molar-refractivity contribution in [3.63, 3.8) is 0 Å². The highest BCUT2D eigenvalue weighted by molar-refractivity contribution is 6.36. The highest BCUT2D eigenvalue weighted by Crippen LogP contribution is 2.39. The minimum atomic E-state index is -4.80. The smallest absolute Gasteiger partial charge is 0.418 e. The van der Waals surface area contributed by atoms with Crippen LogP contribution in [0, 0.1) is 6.92 Å². The molecule has 0 heterocycles. The summed E-state index contributed by atoms with van der Waals surface area (Å²) in [6.07, 6.45) is -6.78. The third-order valence-corrected chi connectivity index (χ3v) is 5.34. The van der Waals surface area contributed by atoms with Crippen molar-refractivity contribution in [1.29, 1.82) is 0 Å². The third kappa shape index (κ3) is 6.66. The number of carbonyl (C=O) groups is 2. The Morgan fingerprint density at radius 3 is 2.39 bits per heavy atom. The quantitative estimate of drug-likeness (QED) is 0.329. The minimum Gasteiger partial charge on any atom is -0.478 e. The van der Waals surface area contributed by atoms with Crippen molar-refractivity contribution < 1.29 is 37.3 Å². The molecule has 33 heavy (non-hydrogen) atoms. The molecular weight excluding hydrogens is 510 g/mol. The van der Waals surface area contributed by atoms with Gasteiger partial charge in [0, 0.05) is 11.6 Å². The van der Waals surface area contributed by atoms with Crippen LogP contribution in [0.3, 0.4) is 0 Å². The summed E-state index contributed by atoms with van der Waals surface area (Å²) >= 11 is 18.0. The number of carbonyl (C=O) groups excluding carboxylic acids is 1. The molecule has 0 aliphatic heterocycles. The molecule has 6 nitrogen and oxygen atoms in total. The van der Waals surface area contributed by atoms with Crippen molar-refractivity contribution in [2.75, 3.05) is 18.2 Å². The van der Waals surface area contributed by atoms with Gasteiger partial charge < -0.3 is 14.6 Å². The highest BCUT2D eigenvalue weighted by atomic mass is 35.5. The first kappa shape index (κ1) is 27.0. The van der Waals surface area contributed by atoms with Crippen molar-refractivity contribution in [2.45, 2.75) is 31.5 Å². The number of amides is 1. The third-order valence-electron chi connectivity index (χ3n) is 4.40. The summed E-state index contributed by atoms with van der Waals surface area (Å²) in [6.45, 7) is 2.43. The Morgan fingerprint density at radius 2 is 1.85 bits per heavy atom. The van der Waals surface area contributed by atoms with E-state index < -0.39 is 47.5 Å². The van der Waals surface area contributed by atoms with Crippen LogP contribution in [0.25, 0.3) is 0 Å². The van der Waals surface area contributed by atoms with Crippen LogP contribution in [-0.2, 0) is 20.5 Å². The number of para-hydroxylation sites is 1. The molecule has 0 aliphatic carbocycles. The number of alkyl halides is 4. The van der Waals surface area contributed by atoms with Crippen LogP contribution in [0.4, 0.5) is 18.9 Å². The second-order valence-electron chi connectivity index (χ2n) is 6.71. The lowest BCUT2D eigenvalue weighted by Gasteiger charge is -2.30. The summed E-state index contributed by atoms with van der Waals surface area (Å²) in [5.74, 6) is -2.93. The Balaban J connectivity index is 2.49. The molecule has 2 atom stereocenters. The van der Waals surface area contributed by atoms with E-state index in [1.807, 2.05) is 0 Å². The fraction of sp³-hybridized carbons (Fsp3) is 0.333. The fourth-order valence-electron chi connectivity index (χ4n) is 2.89. The van der Waals surface area contributed by atoms with Gasteiger partial charge in [0.05, 0.1) is 16.3 Å². The molecule has 1 amide bonds. The van der Waals surface area contributed by atoms with Crippen LogP contribution in [-0.4, -0.2) is 41.8 Å². The molecule has 2 aromatic carbocycles. The van der Waals surface area contributed by atoms with Crippen LogP contribution in [0.2, 0.25) is 10.0 Å². The number of nitrogens with zero attached hydrogens (tertiary/aromatic N) is 1. The molecule has 180 valence electrons. The summed E-state index contributed by atoms with van der Waals surface area (Å²) < 4.78 is 51.5. The SMILES string of the molecule is CCOCN(C(=O)C(Cl)C(Oc1ccc(Cl)cc1Cl)C(=O)O)c1c(C)cccc1C(F)(F)F. The molecule has 0 aromatic heterocycles. The molecule has 12 heteroatoms. The van der Waals surface area contributed by atoms with E-state index in [4.69, 9.17) is 44.3 Å². The molecular formula is C21H19Cl3F3NO5. The van der Waals surface area contributed by atoms with Crippen molar-refractivity contribution in [2.24, 2.45) is 0 Å². The van der Waals surface area contributed by atoms with Gasteiger partial charge >= 0.3 is 12.1 Å². The van der Waals surface area contributed by atoms with E-state index in [2.05, 4.69) is 0 Å². The van der Waals surface area contributed by atoms with E-state index in [1.165, 1.54) is 37.3 Å². The molecule has 0 spiro atoms. The Labute approximate surface area is 202 Å². The number of halogens is 6. The van der Waals surface area contributed by atoms with E-state index in [-0.39, 0.29) is 28.0 Å². The Hall–Kier alpha value is -2.20. The molecule has 1 N–H and O–H groups in total. The van der Waals surface area contributed by atoms with Gasteiger partial charge in [0.1, 0.15) is 12.5 Å². The number of aliphatic carboxylic acids is 1. The van der Waals surface area contributed by atoms with Crippen molar-refractivity contribution in [3.05, 3.63) is 57.6 Å². The Bertz CT molecular complexity index is 1020. The molecule has 0 saturated carbocycles. The lowest BCUT2D eigenvalue weighted by atomic mass is 10.1. The van der Waals surface area contributed by atoms with Gasteiger partial charge in [-0.15, -0.1) is 11.6 Å². The van der Waals surface area contributed by atoms with Crippen LogP contribution >= 0.6 is 34.8 Å². The lowest BCUT2D eigenvalue weighted by molar-refractivity contribution is -0.147. The topological polar surface area (TPSA) is 76.1 Å². The molecule has 0 fully saturated rings. The van der Waals surface area contributed by atoms with E-state index >= 15 is 0 Å². The van der Waals surface area contributed by atoms with E-state index in [0.717, 1.165) is 6.07 Å². The maximum absolute atomic E-state index is 13.7. The van der Waals surface area contributed by atoms with Crippen LogP contribution in [0.5, 0.6) is 5.75 Å². The molecule has 0 aliphatic rings. The molecule has 2 unspecified atom stereocenters. The monoisotopic (exact) mass is 527 g/mol. The average molecular weight is 529 g/mol. The van der Waals surface area contributed by atoms with Gasteiger partial charge in [0.15, 0.2) is 5.38 Å². The number of carboxylic acid groups (broad SMARTS) is 1. The molecule has 0 radical (unpaired) electrons. The van der Waals surface area contributed by atoms with Gasteiger partial charge in [-0.3, -0.25) is 9.69 Å². The van der Waals surface area contributed by atoms with E-state index in [9.17, 15) is 27.9 Å². The van der Waals surface area contributed by atoms with Gasteiger partial charge in [-0.25, -0.2) is 4.79 Å². The maximum atomic E-state index is 13.7. The van der Waals surface area contributed by atoms with Gasteiger partial charge in [-0.1, -0.05) is 35.3 Å². The molecule has 2 aromatic rings. The first-order valence-corrected chi connectivity index (χ1v) is 10.6. The van der Waals surface area contributed by atoms with Gasteiger partial charge in [-0.2, -0.15) is 13.2 Å². The summed E-state index contributed by atoms with van der Waals surface area (Å²) in [7, 11) is 0. The minimum absolute atomic E-state index is 0.0468. The first-order valence-electron chi connectivity index (χ1n) is 9.43. The second-order valence-corrected chi connectivity index (χ2v) is 8.02. The summed E-state index contributed by atoms with van der Waals surface area (Å²) in [5.41, 5.74) is -1.49. The Morgan fingerprint density at radius 1 is 1.18 bits per heavy atom. The largest absolute Gasteiger partial charge is 0.478 e. The zero-order chi connectivity index (χ0) is 24.9. The zero-order valence-corrected chi connectivity index (χ0v) is 19.6. The predicted molar refractivity (Wildman–Crippen MR) is 118 cm³/mol. The standard InChI is InChI=1S/C21H19Cl3F3NO5/c1-3-32-10-28(17-11(2)5-4-6-13(17)21(25,26)27)19(29)16(24)18(20(30)31)33-15-8-7-12(22)9-14(15)23/h4-9,16,18H,3,10H2,1-2H3,(H,30,31). The predicted octanol–water partition coefficient (Wildman–Crippen LogP) is 5.79.